The zero-order valence-corrected chi connectivity index (χ0v) is 12.2. The third kappa shape index (κ3) is 4.90. The van der Waals surface area contributed by atoms with Gasteiger partial charge in [-0.3, -0.25) is 0 Å². The Labute approximate surface area is 117 Å². The molecule has 0 aliphatic heterocycles. The van der Waals surface area contributed by atoms with E-state index in [1.54, 1.807) is 32.2 Å². The molecule has 5 nitrogen and oxygen atoms in total. The fourth-order valence-corrected chi connectivity index (χ4v) is 2.29. The third-order valence-electron chi connectivity index (χ3n) is 2.83. The van der Waals surface area contributed by atoms with E-state index in [0.29, 0.717) is 6.54 Å². The first-order valence-corrected chi connectivity index (χ1v) is 7.06. The number of thiophene rings is 1. The van der Waals surface area contributed by atoms with Crippen molar-refractivity contribution < 1.29 is 14.7 Å². The van der Waals surface area contributed by atoms with Crippen molar-refractivity contribution in [3.63, 3.8) is 0 Å². The van der Waals surface area contributed by atoms with Crippen LogP contribution in [0.3, 0.4) is 0 Å². The van der Waals surface area contributed by atoms with Gasteiger partial charge in [-0.25, -0.2) is 9.59 Å². The van der Waals surface area contributed by atoms with Gasteiger partial charge in [-0.2, -0.15) is 0 Å². The second-order valence-electron chi connectivity index (χ2n) is 4.76. The molecule has 2 N–H and O–H groups in total. The smallest absolute Gasteiger partial charge is 0.326 e. The van der Waals surface area contributed by atoms with E-state index in [-0.39, 0.29) is 11.9 Å². The predicted octanol–water partition coefficient (Wildman–Crippen LogP) is 2.04. The van der Waals surface area contributed by atoms with E-state index in [0.717, 1.165) is 6.42 Å². The van der Waals surface area contributed by atoms with Crippen molar-refractivity contribution in [3.05, 3.63) is 22.4 Å². The topological polar surface area (TPSA) is 69.6 Å². The minimum Gasteiger partial charge on any atom is -0.480 e. The molecule has 0 unspecified atom stereocenters. The van der Waals surface area contributed by atoms with Gasteiger partial charge in [-0.1, -0.05) is 19.9 Å². The standard InChI is InChI=1S/C13H20N2O3S/c1-9(2)11(12(16)17)14-13(18)15(3)7-6-10-5-4-8-19-10/h4-5,8-9,11H,6-7H2,1-3H3,(H,14,18)(H,16,17)/t11-/m1/s1. The van der Waals surface area contributed by atoms with Crippen molar-refractivity contribution in [1.29, 1.82) is 0 Å². The lowest BCUT2D eigenvalue weighted by Crippen LogP contribution is -2.49. The molecule has 0 fully saturated rings. The highest BCUT2D eigenvalue weighted by molar-refractivity contribution is 7.09. The molecule has 0 bridgehead atoms. The molecule has 19 heavy (non-hydrogen) atoms. The van der Waals surface area contributed by atoms with E-state index in [9.17, 15) is 9.59 Å². The molecule has 1 rings (SSSR count). The Hall–Kier alpha value is -1.56. The molecule has 0 saturated carbocycles. The van der Waals surface area contributed by atoms with E-state index in [2.05, 4.69) is 5.32 Å². The maximum Gasteiger partial charge on any atom is 0.326 e. The van der Waals surface area contributed by atoms with E-state index < -0.39 is 12.0 Å². The molecule has 0 aliphatic carbocycles. The highest BCUT2D eigenvalue weighted by Crippen LogP contribution is 2.09. The van der Waals surface area contributed by atoms with Crippen molar-refractivity contribution >= 4 is 23.3 Å². The van der Waals surface area contributed by atoms with Crippen LogP contribution in [0, 0.1) is 5.92 Å². The van der Waals surface area contributed by atoms with Gasteiger partial charge in [-0.05, 0) is 23.8 Å². The van der Waals surface area contributed by atoms with Gasteiger partial charge in [0.2, 0.25) is 0 Å². The maximum atomic E-state index is 11.9. The summed E-state index contributed by atoms with van der Waals surface area (Å²) in [4.78, 5) is 25.6. The number of aliphatic carboxylic acids is 1. The summed E-state index contributed by atoms with van der Waals surface area (Å²) in [5.74, 6) is -1.15. The van der Waals surface area contributed by atoms with Crippen LogP contribution >= 0.6 is 11.3 Å². The lowest BCUT2D eigenvalue weighted by molar-refractivity contribution is -0.140. The van der Waals surface area contributed by atoms with Crippen molar-refractivity contribution in [2.75, 3.05) is 13.6 Å². The van der Waals surface area contributed by atoms with Crippen LogP contribution in [-0.2, 0) is 11.2 Å². The number of nitrogens with zero attached hydrogens (tertiary/aromatic N) is 1. The number of rotatable bonds is 6. The second-order valence-corrected chi connectivity index (χ2v) is 5.79. The van der Waals surface area contributed by atoms with Crippen LogP contribution in [0.5, 0.6) is 0 Å². The number of urea groups is 1. The molecule has 0 aliphatic rings. The Balaban J connectivity index is 2.45. The molecule has 0 radical (unpaired) electrons. The van der Waals surface area contributed by atoms with Gasteiger partial charge >= 0.3 is 12.0 Å². The number of carboxylic acids is 1. The number of carbonyl (C=O) groups is 2. The summed E-state index contributed by atoms with van der Waals surface area (Å²) in [5, 5.41) is 13.6. The highest BCUT2D eigenvalue weighted by atomic mass is 32.1. The number of likely N-dealkylation sites (N-methyl/N-ethyl adjacent to an activating group) is 1. The molecule has 0 saturated heterocycles. The van der Waals surface area contributed by atoms with Gasteiger partial charge in [0.05, 0.1) is 0 Å². The molecular weight excluding hydrogens is 264 g/mol. The quantitative estimate of drug-likeness (QED) is 0.840. The first-order chi connectivity index (χ1) is 8.91. The number of hydrogen-bond donors (Lipinski definition) is 2. The molecule has 2 amide bonds. The van der Waals surface area contributed by atoms with Crippen LogP contribution in [0.4, 0.5) is 4.79 Å². The summed E-state index contributed by atoms with van der Waals surface area (Å²) < 4.78 is 0. The van der Waals surface area contributed by atoms with Crippen LogP contribution in [0.25, 0.3) is 0 Å². The van der Waals surface area contributed by atoms with E-state index in [4.69, 9.17) is 5.11 Å². The molecule has 0 spiro atoms. The summed E-state index contributed by atoms with van der Waals surface area (Å²) in [7, 11) is 1.67. The molecule has 1 atom stereocenters. The highest BCUT2D eigenvalue weighted by Gasteiger charge is 2.24. The molecular formula is C13H20N2O3S. The van der Waals surface area contributed by atoms with Gasteiger partial charge in [-0.15, -0.1) is 11.3 Å². The van der Waals surface area contributed by atoms with Crippen LogP contribution in [0.1, 0.15) is 18.7 Å². The van der Waals surface area contributed by atoms with Gasteiger partial charge in [0, 0.05) is 18.5 Å². The molecule has 1 aromatic heterocycles. The lowest BCUT2D eigenvalue weighted by atomic mass is 10.1. The van der Waals surface area contributed by atoms with Crippen LogP contribution in [0.15, 0.2) is 17.5 Å². The van der Waals surface area contributed by atoms with Gasteiger partial charge < -0.3 is 15.3 Å². The fourth-order valence-electron chi connectivity index (χ4n) is 1.59. The number of carbonyl (C=O) groups excluding carboxylic acids is 1. The van der Waals surface area contributed by atoms with Crippen molar-refractivity contribution in [2.45, 2.75) is 26.3 Å². The molecule has 6 heteroatoms. The third-order valence-corrected chi connectivity index (χ3v) is 3.77. The Morgan fingerprint density at radius 2 is 2.16 bits per heavy atom. The Morgan fingerprint density at radius 3 is 2.63 bits per heavy atom. The zero-order chi connectivity index (χ0) is 14.4. The van der Waals surface area contributed by atoms with Gasteiger partial charge in [0.15, 0.2) is 0 Å². The summed E-state index contributed by atoms with van der Waals surface area (Å²) in [6.45, 7) is 4.10. The summed E-state index contributed by atoms with van der Waals surface area (Å²) in [6, 6.07) is 2.79. The normalized spacial score (nSPS) is 12.2. The first kappa shape index (κ1) is 15.5. The van der Waals surface area contributed by atoms with E-state index in [1.807, 2.05) is 17.5 Å². The minimum atomic E-state index is -1.00. The lowest BCUT2D eigenvalue weighted by Gasteiger charge is -2.23. The van der Waals surface area contributed by atoms with Gasteiger partial charge in [0.25, 0.3) is 0 Å². The number of nitrogens with one attached hydrogen (secondary N) is 1. The largest absolute Gasteiger partial charge is 0.480 e. The maximum absolute atomic E-state index is 11.9. The first-order valence-electron chi connectivity index (χ1n) is 6.18. The second kappa shape index (κ2) is 7.13. The fraction of sp³-hybridized carbons (Fsp3) is 0.538. The number of hydrogen-bond acceptors (Lipinski definition) is 3. The van der Waals surface area contributed by atoms with E-state index >= 15 is 0 Å². The van der Waals surface area contributed by atoms with Crippen LogP contribution in [0.2, 0.25) is 0 Å². The van der Waals surface area contributed by atoms with Crippen molar-refractivity contribution in [3.8, 4) is 0 Å². The molecule has 1 aromatic rings. The summed E-state index contributed by atoms with van der Waals surface area (Å²) in [5.41, 5.74) is 0. The average molecular weight is 284 g/mol. The average Bonchev–Trinajstić information content (AvgIpc) is 2.84. The zero-order valence-electron chi connectivity index (χ0n) is 11.4. The van der Waals surface area contributed by atoms with Crippen LogP contribution in [-0.4, -0.2) is 41.6 Å². The number of amides is 2. The number of carboxylic acid groups (broad SMARTS) is 1. The Bertz CT molecular complexity index is 418. The summed E-state index contributed by atoms with van der Waals surface area (Å²) in [6.07, 6.45) is 0.779. The monoisotopic (exact) mass is 284 g/mol. The van der Waals surface area contributed by atoms with E-state index in [1.165, 1.54) is 9.78 Å². The Kier molecular flexibility index (Phi) is 5.82. The van der Waals surface area contributed by atoms with Crippen molar-refractivity contribution in [1.82, 2.24) is 10.2 Å². The molecule has 106 valence electrons. The predicted molar refractivity (Wildman–Crippen MR) is 75.4 cm³/mol. The summed E-state index contributed by atoms with van der Waals surface area (Å²) >= 11 is 1.65. The Morgan fingerprint density at radius 1 is 1.47 bits per heavy atom. The van der Waals surface area contributed by atoms with Crippen LogP contribution < -0.4 is 5.32 Å². The molecule has 0 aromatic carbocycles. The SMILES string of the molecule is CC(C)[C@@H](NC(=O)N(C)CCc1cccs1)C(=O)O. The van der Waals surface area contributed by atoms with Crippen molar-refractivity contribution in [2.24, 2.45) is 5.92 Å². The molecule has 1 heterocycles. The van der Waals surface area contributed by atoms with Gasteiger partial charge in [0.1, 0.15) is 6.04 Å². The minimum absolute atomic E-state index is 0.146.